The molecule has 1 atom stereocenters. The Morgan fingerprint density at radius 1 is 0.962 bits per heavy atom. The van der Waals surface area contributed by atoms with Gasteiger partial charge in [-0.1, -0.05) is 32.9 Å². The number of hydrogen-bond donors (Lipinski definition) is 0. The molecule has 3 rings (SSSR count). The van der Waals surface area contributed by atoms with Crippen LogP contribution in [0.1, 0.15) is 43.8 Å². The zero-order valence-corrected chi connectivity index (χ0v) is 17.3. The van der Waals surface area contributed by atoms with Gasteiger partial charge in [-0.2, -0.15) is 0 Å². The first-order valence-corrected chi connectivity index (χ1v) is 9.61. The molecule has 0 aliphatic rings. The van der Waals surface area contributed by atoms with Crippen molar-refractivity contribution in [3.8, 4) is 5.75 Å². The molecular weight excluding hydrogens is 437 g/mol. The van der Waals surface area contributed by atoms with Crippen molar-refractivity contribution < 1.29 is 4.74 Å². The molecule has 0 radical (unpaired) electrons. The standard InChI is InChI=1S/C21H22IN3O/c1-21(2,3)20(15-5-7-16(22)8-6-15)18-10-9-17(13-25-18)26-14-19-23-11-4-12-24-19/h4-13,20H,14H2,1-3H3. The van der Waals surface area contributed by atoms with E-state index >= 15 is 0 Å². The summed E-state index contributed by atoms with van der Waals surface area (Å²) in [6.45, 7) is 7.07. The Bertz CT molecular complexity index is 828. The summed E-state index contributed by atoms with van der Waals surface area (Å²) in [5.74, 6) is 1.59. The number of pyridine rings is 1. The molecule has 0 bridgehead atoms. The summed E-state index contributed by atoms with van der Waals surface area (Å²) >= 11 is 2.33. The fourth-order valence-corrected chi connectivity index (χ4v) is 3.33. The van der Waals surface area contributed by atoms with Gasteiger partial charge in [-0.3, -0.25) is 4.98 Å². The normalized spacial score (nSPS) is 12.6. The summed E-state index contributed by atoms with van der Waals surface area (Å²) in [6.07, 6.45) is 5.20. The van der Waals surface area contributed by atoms with E-state index in [1.807, 2.05) is 6.07 Å². The molecule has 0 spiro atoms. The van der Waals surface area contributed by atoms with E-state index in [0.717, 1.165) is 11.4 Å². The Balaban J connectivity index is 1.79. The topological polar surface area (TPSA) is 47.9 Å². The summed E-state index contributed by atoms with van der Waals surface area (Å²) in [5, 5.41) is 0. The number of rotatable bonds is 5. The van der Waals surface area contributed by atoms with E-state index < -0.39 is 0 Å². The van der Waals surface area contributed by atoms with Gasteiger partial charge in [-0.05, 0) is 63.9 Å². The van der Waals surface area contributed by atoms with Crippen molar-refractivity contribution in [2.75, 3.05) is 0 Å². The van der Waals surface area contributed by atoms with Crippen LogP contribution in [0, 0.1) is 8.99 Å². The van der Waals surface area contributed by atoms with E-state index in [1.54, 1.807) is 24.7 Å². The van der Waals surface area contributed by atoms with Crippen LogP contribution in [0.5, 0.6) is 5.75 Å². The molecule has 26 heavy (non-hydrogen) atoms. The van der Waals surface area contributed by atoms with Gasteiger partial charge in [0.2, 0.25) is 0 Å². The lowest BCUT2D eigenvalue weighted by Gasteiger charge is -2.31. The molecule has 134 valence electrons. The molecule has 0 saturated heterocycles. The Kier molecular flexibility index (Phi) is 5.86. The second-order valence-corrected chi connectivity index (χ2v) is 8.47. The van der Waals surface area contributed by atoms with Crippen LogP contribution in [0.2, 0.25) is 0 Å². The fraction of sp³-hybridized carbons (Fsp3) is 0.286. The first kappa shape index (κ1) is 18.8. The molecule has 1 unspecified atom stereocenters. The van der Waals surface area contributed by atoms with Crippen LogP contribution in [0.3, 0.4) is 0 Å². The summed E-state index contributed by atoms with van der Waals surface area (Å²) in [5.41, 5.74) is 2.37. The molecular formula is C21H22IN3O. The average molecular weight is 459 g/mol. The van der Waals surface area contributed by atoms with E-state index in [0.29, 0.717) is 12.4 Å². The van der Waals surface area contributed by atoms with Crippen molar-refractivity contribution >= 4 is 22.6 Å². The predicted molar refractivity (Wildman–Crippen MR) is 111 cm³/mol. The van der Waals surface area contributed by atoms with Gasteiger partial charge in [0.25, 0.3) is 0 Å². The van der Waals surface area contributed by atoms with E-state index in [2.05, 4.69) is 88.6 Å². The largest absolute Gasteiger partial charge is 0.484 e. The highest BCUT2D eigenvalue weighted by Crippen LogP contribution is 2.40. The Hall–Kier alpha value is -2.02. The van der Waals surface area contributed by atoms with Crippen LogP contribution < -0.4 is 4.74 Å². The van der Waals surface area contributed by atoms with Crippen LogP contribution in [0.25, 0.3) is 0 Å². The fourth-order valence-electron chi connectivity index (χ4n) is 2.97. The summed E-state index contributed by atoms with van der Waals surface area (Å²) in [7, 11) is 0. The quantitative estimate of drug-likeness (QED) is 0.490. The van der Waals surface area contributed by atoms with Crippen molar-refractivity contribution in [2.45, 2.75) is 33.3 Å². The number of nitrogens with zero attached hydrogens (tertiary/aromatic N) is 3. The van der Waals surface area contributed by atoms with Gasteiger partial charge in [0, 0.05) is 27.6 Å². The van der Waals surface area contributed by atoms with Crippen LogP contribution in [0.4, 0.5) is 0 Å². The molecule has 5 heteroatoms. The highest BCUT2D eigenvalue weighted by atomic mass is 127. The third-order valence-electron chi connectivity index (χ3n) is 4.11. The average Bonchev–Trinajstić information content (AvgIpc) is 2.63. The summed E-state index contributed by atoms with van der Waals surface area (Å²) in [6, 6.07) is 14.5. The zero-order chi connectivity index (χ0) is 18.6. The minimum atomic E-state index is 0.0556. The lowest BCUT2D eigenvalue weighted by molar-refractivity contribution is 0.293. The Labute approximate surface area is 168 Å². The molecule has 1 aromatic carbocycles. The van der Waals surface area contributed by atoms with Crippen molar-refractivity contribution in [1.82, 2.24) is 15.0 Å². The molecule has 0 aliphatic carbocycles. The highest BCUT2D eigenvalue weighted by Gasteiger charge is 2.29. The molecule has 3 aromatic rings. The predicted octanol–water partition coefficient (Wildman–Crippen LogP) is 5.23. The first-order chi connectivity index (χ1) is 12.4. The van der Waals surface area contributed by atoms with Crippen LogP contribution >= 0.6 is 22.6 Å². The SMILES string of the molecule is CC(C)(C)C(c1ccc(I)cc1)c1ccc(OCc2ncccn2)cn1. The van der Waals surface area contributed by atoms with Crippen LogP contribution in [0.15, 0.2) is 61.1 Å². The zero-order valence-electron chi connectivity index (χ0n) is 15.2. The van der Waals surface area contributed by atoms with Gasteiger partial charge in [-0.15, -0.1) is 0 Å². The van der Waals surface area contributed by atoms with Crippen molar-refractivity contribution in [3.63, 3.8) is 0 Å². The molecule has 0 fully saturated rings. The van der Waals surface area contributed by atoms with Gasteiger partial charge in [0.1, 0.15) is 12.4 Å². The molecule has 0 aliphatic heterocycles. The van der Waals surface area contributed by atoms with E-state index in [1.165, 1.54) is 9.13 Å². The monoisotopic (exact) mass is 459 g/mol. The maximum absolute atomic E-state index is 5.75. The molecule has 4 nitrogen and oxygen atoms in total. The molecule has 0 saturated carbocycles. The second-order valence-electron chi connectivity index (χ2n) is 7.22. The lowest BCUT2D eigenvalue weighted by Crippen LogP contribution is -2.20. The smallest absolute Gasteiger partial charge is 0.166 e. The van der Waals surface area contributed by atoms with Crippen molar-refractivity contribution in [2.24, 2.45) is 5.41 Å². The second kappa shape index (κ2) is 8.12. The third kappa shape index (κ3) is 4.78. The van der Waals surface area contributed by atoms with Crippen LogP contribution in [-0.2, 0) is 6.61 Å². The molecule has 0 amide bonds. The summed E-state index contributed by atoms with van der Waals surface area (Å²) in [4.78, 5) is 13.0. The van der Waals surface area contributed by atoms with Crippen LogP contribution in [-0.4, -0.2) is 15.0 Å². The van der Waals surface area contributed by atoms with Gasteiger partial charge < -0.3 is 4.74 Å². The van der Waals surface area contributed by atoms with E-state index in [4.69, 9.17) is 4.74 Å². The molecule has 2 aromatic heterocycles. The van der Waals surface area contributed by atoms with Gasteiger partial charge in [0.05, 0.1) is 6.20 Å². The van der Waals surface area contributed by atoms with Gasteiger partial charge >= 0.3 is 0 Å². The minimum absolute atomic E-state index is 0.0556. The Morgan fingerprint density at radius 3 is 2.23 bits per heavy atom. The van der Waals surface area contributed by atoms with E-state index in [-0.39, 0.29) is 11.3 Å². The summed E-state index contributed by atoms with van der Waals surface area (Å²) < 4.78 is 6.98. The maximum atomic E-state index is 5.75. The van der Waals surface area contributed by atoms with Gasteiger partial charge in [-0.25, -0.2) is 9.97 Å². The number of hydrogen-bond acceptors (Lipinski definition) is 4. The number of aromatic nitrogens is 3. The minimum Gasteiger partial charge on any atom is -0.484 e. The van der Waals surface area contributed by atoms with Gasteiger partial charge in [0.15, 0.2) is 5.82 Å². The van der Waals surface area contributed by atoms with Crippen molar-refractivity contribution in [3.05, 3.63) is 81.7 Å². The number of halogens is 1. The highest BCUT2D eigenvalue weighted by molar-refractivity contribution is 14.1. The molecule has 2 heterocycles. The number of benzene rings is 1. The number of ether oxygens (including phenoxy) is 1. The Morgan fingerprint density at radius 2 is 1.65 bits per heavy atom. The maximum Gasteiger partial charge on any atom is 0.166 e. The van der Waals surface area contributed by atoms with E-state index in [9.17, 15) is 0 Å². The molecule has 0 N–H and O–H groups in total. The lowest BCUT2D eigenvalue weighted by atomic mass is 9.74. The third-order valence-corrected chi connectivity index (χ3v) is 4.83. The first-order valence-electron chi connectivity index (χ1n) is 8.53. The van der Waals surface area contributed by atoms with Crippen molar-refractivity contribution in [1.29, 1.82) is 0 Å².